The minimum Gasteiger partial charge on any atom is -0.377 e. The van der Waals surface area contributed by atoms with Gasteiger partial charge in [0.25, 0.3) is 11.8 Å². The molecule has 0 aliphatic carbocycles. The molecule has 0 bridgehead atoms. The second-order valence-electron chi connectivity index (χ2n) is 4.11. The van der Waals surface area contributed by atoms with Crippen LogP contribution in [0.4, 0.5) is 11.4 Å². The minimum atomic E-state index is -0.649. The molecule has 2 amide bonds. The largest absolute Gasteiger partial charge is 1.00 e. The fourth-order valence-corrected chi connectivity index (χ4v) is 1.69. The number of nitrogens with zero attached hydrogens (tertiary/aromatic N) is 5. The van der Waals surface area contributed by atoms with Gasteiger partial charge in [-0.2, -0.15) is 5.21 Å². The molecule has 0 aliphatic rings. The summed E-state index contributed by atoms with van der Waals surface area (Å²) in [4.78, 5) is 25.2. The van der Waals surface area contributed by atoms with Crippen molar-refractivity contribution in [1.82, 2.24) is 20.6 Å². The number of primary amides is 1. The van der Waals surface area contributed by atoms with Crippen molar-refractivity contribution < 1.29 is 39.1 Å². The van der Waals surface area contributed by atoms with Crippen molar-refractivity contribution in [2.45, 2.75) is 0 Å². The molecule has 1 aromatic carbocycles. The Morgan fingerprint density at radius 3 is 2.57 bits per heavy atom. The van der Waals surface area contributed by atoms with Gasteiger partial charge in [0.05, 0.1) is 22.8 Å². The van der Waals surface area contributed by atoms with Crippen LogP contribution in [0.5, 0.6) is 0 Å². The summed E-state index contributed by atoms with van der Waals surface area (Å²) >= 11 is 0. The number of amides is 2. The fourth-order valence-electron chi connectivity index (χ4n) is 1.69. The average Bonchev–Trinajstić information content (AvgIpc) is 2.91. The molecule has 2 rings (SSSR count). The summed E-state index contributed by atoms with van der Waals surface area (Å²) in [6, 6.07) is 4.98. The summed E-state index contributed by atoms with van der Waals surface area (Å²) in [5.74, 6) is -1.45. The molecule has 3 N–H and O–H groups in total. The summed E-state index contributed by atoms with van der Waals surface area (Å²) in [5.41, 5.74) is 6.45. The van der Waals surface area contributed by atoms with Crippen molar-refractivity contribution in [2.75, 3.05) is 24.3 Å². The number of hydrogen-bond donors (Lipinski definition) is 2. The van der Waals surface area contributed by atoms with Crippen LogP contribution in [0.3, 0.4) is 0 Å². The first kappa shape index (κ1) is 17.1. The second-order valence-corrected chi connectivity index (χ2v) is 4.11. The molecule has 9 nitrogen and oxygen atoms in total. The second kappa shape index (κ2) is 7.16. The molecule has 0 atom stereocenters. The van der Waals surface area contributed by atoms with Crippen LogP contribution < -0.4 is 50.6 Å². The summed E-state index contributed by atoms with van der Waals surface area (Å²) in [7, 11) is 3.53. The van der Waals surface area contributed by atoms with E-state index in [2.05, 4.69) is 25.9 Å². The van der Waals surface area contributed by atoms with Crippen LogP contribution in [0.2, 0.25) is 0 Å². The summed E-state index contributed by atoms with van der Waals surface area (Å²) in [6.07, 6.45) is 0. The van der Waals surface area contributed by atoms with E-state index in [1.807, 2.05) is 0 Å². The molecule has 0 aliphatic heterocycles. The van der Waals surface area contributed by atoms with E-state index < -0.39 is 11.8 Å². The van der Waals surface area contributed by atoms with E-state index >= 15 is 0 Å². The van der Waals surface area contributed by atoms with E-state index in [1.165, 1.54) is 0 Å². The van der Waals surface area contributed by atoms with Crippen molar-refractivity contribution in [3.63, 3.8) is 0 Å². The first-order valence-electron chi connectivity index (χ1n) is 5.61. The Balaban J connectivity index is 0.00000220. The molecule has 0 saturated carbocycles. The Kier molecular flexibility index (Phi) is 5.82. The summed E-state index contributed by atoms with van der Waals surface area (Å²) in [5, 5.41) is 15.8. The maximum atomic E-state index is 11.8. The van der Waals surface area contributed by atoms with Crippen LogP contribution in [-0.2, 0) is 0 Å². The third-order valence-corrected chi connectivity index (χ3v) is 2.54. The van der Waals surface area contributed by atoms with Crippen LogP contribution in [0.15, 0.2) is 18.2 Å². The molecule has 0 radical (unpaired) electrons. The van der Waals surface area contributed by atoms with E-state index in [0.717, 1.165) is 0 Å². The molecule has 0 fully saturated rings. The molecule has 21 heavy (non-hydrogen) atoms. The Hall–Kier alpha value is -1.97. The molecule has 104 valence electrons. The van der Waals surface area contributed by atoms with Gasteiger partial charge < -0.3 is 21.0 Å². The number of benzene rings is 1. The van der Waals surface area contributed by atoms with Crippen molar-refractivity contribution >= 4 is 23.2 Å². The molecule has 2 aromatic rings. The Labute approximate surface area is 142 Å². The topological polar surface area (TPSA) is 128 Å². The van der Waals surface area contributed by atoms with Gasteiger partial charge in [-0.15, -0.1) is 0 Å². The number of anilines is 2. The third-order valence-electron chi connectivity index (χ3n) is 2.54. The van der Waals surface area contributed by atoms with Crippen LogP contribution in [0, 0.1) is 0 Å². The van der Waals surface area contributed by atoms with E-state index in [1.54, 1.807) is 37.2 Å². The predicted octanol–water partition coefficient (Wildman–Crippen LogP) is -3.75. The Bertz CT molecular complexity index is 642. The maximum absolute atomic E-state index is 11.8. The van der Waals surface area contributed by atoms with Crippen molar-refractivity contribution in [3.05, 3.63) is 29.6 Å². The van der Waals surface area contributed by atoms with Gasteiger partial charge in [0.1, 0.15) is 0 Å². The van der Waals surface area contributed by atoms with Crippen LogP contribution in [-0.4, -0.2) is 41.4 Å². The molecule has 0 spiro atoms. The van der Waals surface area contributed by atoms with Crippen LogP contribution >= 0.6 is 0 Å². The van der Waals surface area contributed by atoms with Gasteiger partial charge in [-0.05, 0) is 12.1 Å². The quantitative estimate of drug-likeness (QED) is 0.555. The number of nitrogens with two attached hydrogens (primary N) is 1. The molecular weight excluding hydrogens is 285 g/mol. The number of hydrogen-bond acceptors (Lipinski definition) is 6. The minimum absolute atomic E-state index is 0. The van der Waals surface area contributed by atoms with Crippen LogP contribution in [0.25, 0.3) is 0 Å². The molecular formula is C11H12N7NaO2. The zero-order valence-corrected chi connectivity index (χ0v) is 13.9. The molecule has 0 saturated heterocycles. The number of carbonyl (C=O) groups excluding carboxylic acids is 2. The van der Waals surface area contributed by atoms with Gasteiger partial charge in [-0.1, -0.05) is 6.07 Å². The summed E-state index contributed by atoms with van der Waals surface area (Å²) in [6.45, 7) is 0. The number of nitrogens with one attached hydrogen (secondary N) is 1. The van der Waals surface area contributed by atoms with Crippen molar-refractivity contribution in [3.8, 4) is 0 Å². The van der Waals surface area contributed by atoms with Gasteiger partial charge in [0.2, 0.25) is 0 Å². The number of rotatable bonds is 4. The predicted molar refractivity (Wildman–Crippen MR) is 70.4 cm³/mol. The third kappa shape index (κ3) is 3.78. The smallest absolute Gasteiger partial charge is 0.377 e. The van der Waals surface area contributed by atoms with Gasteiger partial charge >= 0.3 is 29.6 Å². The fraction of sp³-hybridized carbons (Fsp3) is 0.182. The average molecular weight is 297 g/mol. The molecule has 1 heterocycles. The zero-order chi connectivity index (χ0) is 14.7. The van der Waals surface area contributed by atoms with E-state index in [-0.39, 0.29) is 46.6 Å². The van der Waals surface area contributed by atoms with Gasteiger partial charge in [0.15, 0.2) is 0 Å². The number of carbonyl (C=O) groups is 2. The van der Waals surface area contributed by atoms with E-state index in [4.69, 9.17) is 5.73 Å². The van der Waals surface area contributed by atoms with Gasteiger partial charge in [-0.25, -0.2) is 0 Å². The molecule has 10 heteroatoms. The molecule has 1 aromatic heterocycles. The maximum Gasteiger partial charge on any atom is 1.00 e. The SMILES string of the molecule is CN(C)c1cccc(NC(=O)c2nnn[n-]2)c1C(N)=O.[Na+]. The zero-order valence-electron chi connectivity index (χ0n) is 11.9. The monoisotopic (exact) mass is 297 g/mol. The van der Waals surface area contributed by atoms with Crippen LogP contribution in [0.1, 0.15) is 21.0 Å². The number of tetrazole rings is 1. The number of aromatic nitrogens is 4. The van der Waals surface area contributed by atoms with Crippen molar-refractivity contribution in [2.24, 2.45) is 5.73 Å². The summed E-state index contributed by atoms with van der Waals surface area (Å²) < 4.78 is 0. The molecule has 0 unspecified atom stereocenters. The van der Waals surface area contributed by atoms with Gasteiger partial charge in [0, 0.05) is 14.1 Å². The van der Waals surface area contributed by atoms with Gasteiger partial charge in [-0.3, -0.25) is 19.9 Å². The van der Waals surface area contributed by atoms with E-state index in [0.29, 0.717) is 5.69 Å². The van der Waals surface area contributed by atoms with E-state index in [9.17, 15) is 9.59 Å². The normalized spacial score (nSPS) is 9.62. The first-order chi connectivity index (χ1) is 9.50. The first-order valence-corrected chi connectivity index (χ1v) is 5.61. The standard InChI is InChI=1S/C11H13N7O2.Na/c1-18(2)7-5-3-4-6(8(7)9(12)19)13-11(20)10-14-16-17-15-10;/h3-5H,1-2H3,(H4,12,13,14,15,16,17,19,20);/q;+1/p-1. The Morgan fingerprint density at radius 1 is 1.33 bits per heavy atom. The Morgan fingerprint density at radius 2 is 2.05 bits per heavy atom. The van der Waals surface area contributed by atoms with Crippen molar-refractivity contribution in [1.29, 1.82) is 0 Å².